The monoisotopic (exact) mass is 211 g/mol. The Balaban J connectivity index is 2.05. The molecule has 1 amide bonds. The summed E-state index contributed by atoms with van der Waals surface area (Å²) >= 11 is 1.79. The summed E-state index contributed by atoms with van der Waals surface area (Å²) in [5.41, 5.74) is 1.36. The highest BCUT2D eigenvalue weighted by Crippen LogP contribution is 2.36. The predicted molar refractivity (Wildman–Crippen MR) is 56.0 cm³/mol. The number of aryl methyl sites for hydroxylation is 1. The summed E-state index contributed by atoms with van der Waals surface area (Å²) in [6, 6.07) is 2.13. The van der Waals surface area contributed by atoms with Crippen LogP contribution >= 0.6 is 11.3 Å². The van der Waals surface area contributed by atoms with Crippen LogP contribution in [0.15, 0.2) is 11.4 Å². The molecule has 0 aliphatic heterocycles. The van der Waals surface area contributed by atoms with E-state index in [2.05, 4.69) is 11.4 Å². The van der Waals surface area contributed by atoms with Gasteiger partial charge in [-0.15, -0.1) is 11.3 Å². The van der Waals surface area contributed by atoms with Gasteiger partial charge < -0.3 is 10.0 Å². The van der Waals surface area contributed by atoms with Crippen molar-refractivity contribution in [3.8, 4) is 0 Å². The molecule has 14 heavy (non-hydrogen) atoms. The zero-order valence-electron chi connectivity index (χ0n) is 8.06. The minimum absolute atomic E-state index is 0.414. The van der Waals surface area contributed by atoms with Gasteiger partial charge in [0.1, 0.15) is 0 Å². The molecule has 2 rings (SSSR count). The maximum atomic E-state index is 10.7. The second-order valence-corrected chi connectivity index (χ2v) is 4.70. The predicted octanol–water partition coefficient (Wildman–Crippen LogP) is 2.39. The molecule has 1 atom stereocenters. The number of amides is 1. The average Bonchev–Trinajstić information content (AvgIpc) is 2.69. The molecule has 76 valence electrons. The summed E-state index contributed by atoms with van der Waals surface area (Å²) in [6.07, 6.45) is 1.37. The van der Waals surface area contributed by atoms with Gasteiger partial charge in [0.15, 0.2) is 0 Å². The van der Waals surface area contributed by atoms with Crippen LogP contribution in [0.5, 0.6) is 0 Å². The molecule has 1 aromatic heterocycles. The van der Waals surface area contributed by atoms with Crippen molar-refractivity contribution in [2.24, 2.45) is 0 Å². The van der Waals surface area contributed by atoms with Gasteiger partial charge in [-0.3, -0.25) is 0 Å². The topological polar surface area (TPSA) is 40.5 Å². The molecular weight excluding hydrogens is 198 g/mol. The highest BCUT2D eigenvalue weighted by atomic mass is 32.1. The molecule has 1 unspecified atom stereocenters. The van der Waals surface area contributed by atoms with Gasteiger partial charge in [-0.1, -0.05) is 0 Å². The molecule has 1 N–H and O–H groups in total. The smallest absolute Gasteiger partial charge is 0.407 e. The van der Waals surface area contributed by atoms with Crippen molar-refractivity contribution in [1.82, 2.24) is 4.90 Å². The Morgan fingerprint density at radius 2 is 2.57 bits per heavy atom. The summed E-state index contributed by atoms with van der Waals surface area (Å²) < 4.78 is 0. The molecule has 1 aromatic rings. The van der Waals surface area contributed by atoms with Crippen LogP contribution < -0.4 is 0 Å². The molecule has 0 saturated carbocycles. The second kappa shape index (κ2) is 3.61. The molecular formula is C10H13NO2S. The van der Waals surface area contributed by atoms with E-state index in [1.807, 2.05) is 0 Å². The SMILES string of the molecule is CN(CC1CCc2sccc21)C(=O)O. The van der Waals surface area contributed by atoms with Crippen molar-refractivity contribution in [3.63, 3.8) is 0 Å². The lowest BCUT2D eigenvalue weighted by atomic mass is 10.0. The number of likely N-dealkylation sites (N-methyl/N-ethyl adjacent to an activating group) is 1. The first-order valence-corrected chi connectivity index (χ1v) is 5.56. The molecule has 0 aromatic carbocycles. The standard InChI is InChI=1S/C10H13NO2S/c1-11(10(12)13)6-7-2-3-9-8(7)4-5-14-9/h4-5,7H,2-3,6H2,1H3,(H,12,13). The van der Waals surface area contributed by atoms with E-state index < -0.39 is 6.09 Å². The number of rotatable bonds is 2. The van der Waals surface area contributed by atoms with E-state index in [0.717, 1.165) is 12.8 Å². The van der Waals surface area contributed by atoms with Crippen molar-refractivity contribution < 1.29 is 9.90 Å². The number of hydrogen-bond acceptors (Lipinski definition) is 2. The number of carbonyl (C=O) groups is 1. The van der Waals surface area contributed by atoms with Crippen molar-refractivity contribution in [1.29, 1.82) is 0 Å². The molecule has 1 aliphatic rings. The highest BCUT2D eigenvalue weighted by molar-refractivity contribution is 7.10. The van der Waals surface area contributed by atoms with Crippen LogP contribution in [0.2, 0.25) is 0 Å². The molecule has 0 bridgehead atoms. The van der Waals surface area contributed by atoms with E-state index >= 15 is 0 Å². The highest BCUT2D eigenvalue weighted by Gasteiger charge is 2.25. The average molecular weight is 211 g/mol. The van der Waals surface area contributed by atoms with E-state index in [0.29, 0.717) is 12.5 Å². The first-order chi connectivity index (χ1) is 6.68. The van der Waals surface area contributed by atoms with Gasteiger partial charge in [-0.25, -0.2) is 4.79 Å². The Hall–Kier alpha value is -1.03. The fourth-order valence-corrected chi connectivity index (χ4v) is 2.96. The summed E-state index contributed by atoms with van der Waals surface area (Å²) in [5, 5.41) is 10.9. The second-order valence-electron chi connectivity index (χ2n) is 3.70. The first-order valence-electron chi connectivity index (χ1n) is 4.69. The lowest BCUT2D eigenvalue weighted by molar-refractivity contribution is 0.153. The normalized spacial score (nSPS) is 19.4. The van der Waals surface area contributed by atoms with Crippen molar-refractivity contribution in [2.75, 3.05) is 13.6 Å². The van der Waals surface area contributed by atoms with Gasteiger partial charge in [0.05, 0.1) is 0 Å². The molecule has 1 aliphatic carbocycles. The van der Waals surface area contributed by atoms with Crippen LogP contribution in [0, 0.1) is 0 Å². The molecule has 3 nitrogen and oxygen atoms in total. The molecule has 0 saturated heterocycles. The minimum Gasteiger partial charge on any atom is -0.465 e. The van der Waals surface area contributed by atoms with Crippen LogP contribution in [0.25, 0.3) is 0 Å². The third-order valence-corrected chi connectivity index (χ3v) is 3.76. The number of fused-ring (bicyclic) bond motifs is 1. The summed E-state index contributed by atoms with van der Waals surface area (Å²) in [5.74, 6) is 0.414. The van der Waals surface area contributed by atoms with Crippen LogP contribution in [0.1, 0.15) is 22.8 Å². The number of thiophene rings is 1. The van der Waals surface area contributed by atoms with Crippen molar-refractivity contribution in [3.05, 3.63) is 21.9 Å². The van der Waals surface area contributed by atoms with Crippen LogP contribution in [0.3, 0.4) is 0 Å². The number of carboxylic acid groups (broad SMARTS) is 1. The number of hydrogen-bond donors (Lipinski definition) is 1. The van der Waals surface area contributed by atoms with Crippen LogP contribution in [-0.2, 0) is 6.42 Å². The quantitative estimate of drug-likeness (QED) is 0.816. The number of nitrogens with zero attached hydrogens (tertiary/aromatic N) is 1. The zero-order valence-corrected chi connectivity index (χ0v) is 8.88. The Morgan fingerprint density at radius 1 is 1.79 bits per heavy atom. The molecule has 0 radical (unpaired) electrons. The van der Waals surface area contributed by atoms with Crippen LogP contribution in [-0.4, -0.2) is 29.7 Å². The summed E-state index contributed by atoms with van der Waals surface area (Å²) in [4.78, 5) is 13.5. The molecule has 4 heteroatoms. The van der Waals surface area contributed by atoms with Crippen LogP contribution in [0.4, 0.5) is 4.79 Å². The first kappa shape index (κ1) is 9.52. The Bertz CT molecular complexity index is 348. The molecule has 0 spiro atoms. The Labute approximate surface area is 87.0 Å². The Kier molecular flexibility index (Phi) is 2.46. The van der Waals surface area contributed by atoms with E-state index in [9.17, 15) is 4.79 Å². The summed E-state index contributed by atoms with van der Waals surface area (Å²) in [6.45, 7) is 0.624. The lowest BCUT2D eigenvalue weighted by Crippen LogP contribution is -2.28. The van der Waals surface area contributed by atoms with E-state index in [4.69, 9.17) is 5.11 Å². The molecule has 1 heterocycles. The third-order valence-electron chi connectivity index (χ3n) is 2.76. The summed E-state index contributed by atoms with van der Waals surface area (Å²) in [7, 11) is 1.63. The Morgan fingerprint density at radius 3 is 3.29 bits per heavy atom. The molecule has 0 fully saturated rings. The third kappa shape index (κ3) is 1.62. The van der Waals surface area contributed by atoms with Gasteiger partial charge in [0.2, 0.25) is 0 Å². The maximum Gasteiger partial charge on any atom is 0.407 e. The van der Waals surface area contributed by atoms with E-state index in [1.54, 1.807) is 18.4 Å². The van der Waals surface area contributed by atoms with Crippen molar-refractivity contribution in [2.45, 2.75) is 18.8 Å². The largest absolute Gasteiger partial charge is 0.465 e. The fourth-order valence-electron chi connectivity index (χ4n) is 1.98. The van der Waals surface area contributed by atoms with E-state index in [-0.39, 0.29) is 0 Å². The maximum absolute atomic E-state index is 10.7. The van der Waals surface area contributed by atoms with Crippen molar-refractivity contribution >= 4 is 17.4 Å². The van der Waals surface area contributed by atoms with Gasteiger partial charge in [-0.05, 0) is 29.9 Å². The van der Waals surface area contributed by atoms with Gasteiger partial charge in [0.25, 0.3) is 0 Å². The zero-order chi connectivity index (χ0) is 10.1. The lowest BCUT2D eigenvalue weighted by Gasteiger charge is -2.17. The van der Waals surface area contributed by atoms with Gasteiger partial charge >= 0.3 is 6.09 Å². The van der Waals surface area contributed by atoms with Gasteiger partial charge in [0, 0.05) is 24.4 Å². The minimum atomic E-state index is -0.839. The fraction of sp³-hybridized carbons (Fsp3) is 0.500. The van der Waals surface area contributed by atoms with E-state index in [1.165, 1.54) is 15.3 Å². The van der Waals surface area contributed by atoms with Gasteiger partial charge in [-0.2, -0.15) is 0 Å².